The van der Waals surface area contributed by atoms with Gasteiger partial charge in [0.15, 0.2) is 5.96 Å². The van der Waals surface area contributed by atoms with E-state index in [1.54, 1.807) is 12.4 Å². The third-order valence-corrected chi connectivity index (χ3v) is 3.87. The lowest BCUT2D eigenvalue weighted by Crippen LogP contribution is -2.47. The minimum Gasteiger partial charge on any atom is -0.357 e. The Bertz CT molecular complexity index is 495. The van der Waals surface area contributed by atoms with Crippen LogP contribution >= 0.6 is 0 Å². The molecule has 0 spiro atoms. The zero-order valence-corrected chi connectivity index (χ0v) is 14.6. The number of hydrogen-bond donors (Lipinski definition) is 2. The van der Waals surface area contributed by atoms with Crippen LogP contribution in [-0.2, 0) is 0 Å². The van der Waals surface area contributed by atoms with Gasteiger partial charge in [-0.15, -0.1) is 6.58 Å². The van der Waals surface area contributed by atoms with Crippen molar-refractivity contribution in [2.24, 2.45) is 4.99 Å². The molecule has 132 valence electrons. The summed E-state index contributed by atoms with van der Waals surface area (Å²) >= 11 is 0. The number of piperazine rings is 1. The molecule has 1 aromatic heterocycles. The average Bonchev–Trinajstić information content (AvgIpc) is 2.64. The quantitative estimate of drug-likeness (QED) is 0.317. The van der Waals surface area contributed by atoms with Crippen LogP contribution in [0.2, 0.25) is 0 Å². The molecule has 2 N–H and O–H groups in total. The minimum absolute atomic E-state index is 0.731. The van der Waals surface area contributed by atoms with Gasteiger partial charge in [-0.3, -0.25) is 9.89 Å². The maximum atomic E-state index is 4.59. The summed E-state index contributed by atoms with van der Waals surface area (Å²) in [6, 6.07) is 1.85. The number of nitrogens with zero attached hydrogens (tertiary/aromatic N) is 5. The smallest absolute Gasteiger partial charge is 0.225 e. The predicted octanol–water partition coefficient (Wildman–Crippen LogP) is 0.730. The number of aliphatic imine (C=N–C) groups is 1. The van der Waals surface area contributed by atoms with Crippen molar-refractivity contribution in [3.8, 4) is 0 Å². The highest BCUT2D eigenvalue weighted by Gasteiger charge is 2.17. The molecular formula is C17H29N7. The summed E-state index contributed by atoms with van der Waals surface area (Å²) in [4.78, 5) is 18.0. The molecule has 0 aromatic carbocycles. The van der Waals surface area contributed by atoms with Crippen molar-refractivity contribution >= 4 is 11.9 Å². The number of guanidine groups is 1. The SMILES string of the molecule is C=CCNC(=NCCCN1CCN(c2ncccn2)CC1)NCC. The van der Waals surface area contributed by atoms with Gasteiger partial charge >= 0.3 is 0 Å². The van der Waals surface area contributed by atoms with Gasteiger partial charge in [-0.2, -0.15) is 0 Å². The maximum absolute atomic E-state index is 4.59. The molecule has 24 heavy (non-hydrogen) atoms. The summed E-state index contributed by atoms with van der Waals surface area (Å²) in [6.07, 6.45) is 6.50. The Morgan fingerprint density at radius 2 is 2.00 bits per heavy atom. The van der Waals surface area contributed by atoms with Crippen molar-refractivity contribution in [2.45, 2.75) is 13.3 Å². The van der Waals surface area contributed by atoms with E-state index >= 15 is 0 Å². The van der Waals surface area contributed by atoms with E-state index in [2.05, 4.69) is 48.9 Å². The van der Waals surface area contributed by atoms with Crippen molar-refractivity contribution < 1.29 is 0 Å². The van der Waals surface area contributed by atoms with E-state index in [0.717, 1.165) is 70.7 Å². The fourth-order valence-corrected chi connectivity index (χ4v) is 2.62. The van der Waals surface area contributed by atoms with Gasteiger partial charge < -0.3 is 15.5 Å². The van der Waals surface area contributed by atoms with Crippen LogP contribution in [0.4, 0.5) is 5.95 Å². The van der Waals surface area contributed by atoms with Gasteiger partial charge in [0.25, 0.3) is 0 Å². The van der Waals surface area contributed by atoms with E-state index in [1.165, 1.54) is 0 Å². The molecule has 1 saturated heterocycles. The van der Waals surface area contributed by atoms with Gasteiger partial charge in [-0.1, -0.05) is 6.08 Å². The molecule has 0 amide bonds. The summed E-state index contributed by atoms with van der Waals surface area (Å²) in [5, 5.41) is 6.46. The van der Waals surface area contributed by atoms with E-state index in [0.29, 0.717) is 0 Å². The van der Waals surface area contributed by atoms with E-state index in [-0.39, 0.29) is 0 Å². The van der Waals surface area contributed by atoms with Crippen LogP contribution in [0.5, 0.6) is 0 Å². The summed E-state index contributed by atoms with van der Waals surface area (Å²) < 4.78 is 0. The molecule has 0 unspecified atom stereocenters. The number of aromatic nitrogens is 2. The van der Waals surface area contributed by atoms with Crippen LogP contribution in [0.25, 0.3) is 0 Å². The fourth-order valence-electron chi connectivity index (χ4n) is 2.62. The number of rotatable bonds is 8. The van der Waals surface area contributed by atoms with E-state index < -0.39 is 0 Å². The standard InChI is InChI=1S/C17H29N7/c1-3-7-19-16(18-4-2)20-10-6-11-23-12-14-24(15-13-23)17-21-8-5-9-22-17/h3,5,8-9H,1,4,6-7,10-15H2,2H3,(H2,18,19,20). The van der Waals surface area contributed by atoms with Crippen molar-refractivity contribution in [3.05, 3.63) is 31.1 Å². The first-order chi connectivity index (χ1) is 11.8. The molecule has 2 heterocycles. The van der Waals surface area contributed by atoms with Crippen molar-refractivity contribution in [1.82, 2.24) is 25.5 Å². The zero-order chi connectivity index (χ0) is 17.0. The lowest BCUT2D eigenvalue weighted by molar-refractivity contribution is 0.255. The molecule has 0 radical (unpaired) electrons. The highest BCUT2D eigenvalue weighted by molar-refractivity contribution is 5.79. The first-order valence-corrected chi connectivity index (χ1v) is 8.71. The molecule has 1 aliphatic rings. The summed E-state index contributed by atoms with van der Waals surface area (Å²) in [5.74, 6) is 1.70. The summed E-state index contributed by atoms with van der Waals surface area (Å²) in [6.45, 7) is 13.4. The molecule has 7 heteroatoms. The molecular weight excluding hydrogens is 302 g/mol. The van der Waals surface area contributed by atoms with E-state index in [1.807, 2.05) is 12.1 Å². The molecule has 1 fully saturated rings. The van der Waals surface area contributed by atoms with Gasteiger partial charge in [-0.25, -0.2) is 9.97 Å². The maximum Gasteiger partial charge on any atom is 0.225 e. The monoisotopic (exact) mass is 331 g/mol. The molecule has 1 aromatic rings. The van der Waals surface area contributed by atoms with Crippen molar-refractivity contribution in [2.75, 3.05) is 57.3 Å². The molecule has 7 nitrogen and oxygen atoms in total. The normalized spacial score (nSPS) is 16.0. The second kappa shape index (κ2) is 10.6. The van der Waals surface area contributed by atoms with Crippen molar-refractivity contribution in [1.29, 1.82) is 0 Å². The van der Waals surface area contributed by atoms with Gasteiger partial charge in [-0.05, 0) is 19.4 Å². The van der Waals surface area contributed by atoms with Crippen LogP contribution in [0, 0.1) is 0 Å². The summed E-state index contributed by atoms with van der Waals surface area (Å²) in [7, 11) is 0. The van der Waals surface area contributed by atoms with Crippen LogP contribution in [0.3, 0.4) is 0 Å². The zero-order valence-electron chi connectivity index (χ0n) is 14.6. The Morgan fingerprint density at radius 1 is 1.25 bits per heavy atom. The van der Waals surface area contributed by atoms with Crippen LogP contribution in [0.1, 0.15) is 13.3 Å². The lowest BCUT2D eigenvalue weighted by Gasteiger charge is -2.34. The fraction of sp³-hybridized carbons (Fsp3) is 0.588. The van der Waals surface area contributed by atoms with Crippen molar-refractivity contribution in [3.63, 3.8) is 0 Å². The molecule has 1 aliphatic heterocycles. The third-order valence-electron chi connectivity index (χ3n) is 3.87. The second-order valence-corrected chi connectivity index (χ2v) is 5.66. The minimum atomic E-state index is 0.731. The van der Waals surface area contributed by atoms with Gasteiger partial charge in [0.05, 0.1) is 0 Å². The van der Waals surface area contributed by atoms with Crippen LogP contribution < -0.4 is 15.5 Å². The molecule has 2 rings (SSSR count). The topological polar surface area (TPSA) is 68.7 Å². The first-order valence-electron chi connectivity index (χ1n) is 8.71. The van der Waals surface area contributed by atoms with Gasteiger partial charge in [0, 0.05) is 64.8 Å². The second-order valence-electron chi connectivity index (χ2n) is 5.66. The summed E-state index contributed by atoms with van der Waals surface area (Å²) in [5.41, 5.74) is 0. The van der Waals surface area contributed by atoms with Crippen LogP contribution in [0.15, 0.2) is 36.1 Å². The first kappa shape index (κ1) is 18.2. The Labute approximate surface area is 144 Å². The Balaban J connectivity index is 1.66. The van der Waals surface area contributed by atoms with Gasteiger partial charge in [0.1, 0.15) is 0 Å². The number of hydrogen-bond acceptors (Lipinski definition) is 5. The van der Waals surface area contributed by atoms with E-state index in [9.17, 15) is 0 Å². The van der Waals surface area contributed by atoms with Crippen LogP contribution in [-0.4, -0.2) is 73.2 Å². The largest absolute Gasteiger partial charge is 0.357 e. The third kappa shape index (κ3) is 6.16. The number of anilines is 1. The van der Waals surface area contributed by atoms with E-state index in [4.69, 9.17) is 0 Å². The van der Waals surface area contributed by atoms with Gasteiger partial charge in [0.2, 0.25) is 5.95 Å². The highest BCUT2D eigenvalue weighted by Crippen LogP contribution is 2.09. The predicted molar refractivity (Wildman–Crippen MR) is 99.5 cm³/mol. The Kier molecular flexibility index (Phi) is 8.03. The molecule has 0 atom stereocenters. The molecule has 0 aliphatic carbocycles. The Hall–Kier alpha value is -2.15. The molecule has 0 saturated carbocycles. The number of nitrogens with one attached hydrogen (secondary N) is 2. The Morgan fingerprint density at radius 3 is 2.67 bits per heavy atom. The highest BCUT2D eigenvalue weighted by atomic mass is 15.3. The average molecular weight is 331 g/mol. The molecule has 0 bridgehead atoms. The lowest BCUT2D eigenvalue weighted by atomic mass is 10.3.